The van der Waals surface area contributed by atoms with Gasteiger partial charge in [0, 0.05) is 6.04 Å². The minimum absolute atomic E-state index is 0.0284. The molecule has 0 aromatic heterocycles. The smallest absolute Gasteiger partial charge is 0.137 e. The van der Waals surface area contributed by atoms with Gasteiger partial charge in [0.15, 0.2) is 0 Å². The van der Waals surface area contributed by atoms with Crippen LogP contribution in [0.1, 0.15) is 12.5 Å². The summed E-state index contributed by atoms with van der Waals surface area (Å²) in [6.07, 6.45) is 3.87. The molecule has 0 radical (unpaired) electrons. The monoisotopic (exact) mass is 285 g/mol. The van der Waals surface area contributed by atoms with E-state index in [1.807, 2.05) is 31.2 Å². The zero-order chi connectivity index (χ0) is 12.1. The number of benzene rings is 1. The van der Waals surface area contributed by atoms with E-state index < -0.39 is 0 Å². The number of hydrogen-bond donors (Lipinski definition) is 1. The third-order valence-corrected chi connectivity index (χ3v) is 2.84. The van der Waals surface area contributed by atoms with Crippen LogP contribution >= 0.6 is 15.9 Å². The molecule has 0 aliphatic heterocycles. The van der Waals surface area contributed by atoms with Gasteiger partial charge in [-0.15, -0.1) is 0 Å². The van der Waals surface area contributed by atoms with Crippen LogP contribution in [0.4, 0.5) is 0 Å². The highest BCUT2D eigenvalue weighted by atomic mass is 79.9. The number of hydrogen-bond acceptors (Lipinski definition) is 3. The maximum absolute atomic E-state index is 5.65. The fraction of sp³-hybridized carbons (Fsp3) is 0.333. The van der Waals surface area contributed by atoms with E-state index in [-0.39, 0.29) is 6.04 Å². The summed E-state index contributed by atoms with van der Waals surface area (Å²) in [5, 5.41) is 0. The minimum atomic E-state index is 0.0284. The first-order valence-corrected chi connectivity index (χ1v) is 5.73. The molecule has 88 valence electrons. The molecular formula is C12H16BrNO2. The van der Waals surface area contributed by atoms with E-state index in [1.165, 1.54) is 0 Å². The van der Waals surface area contributed by atoms with Gasteiger partial charge in [0.05, 0.1) is 14.2 Å². The fourth-order valence-corrected chi connectivity index (χ4v) is 1.80. The Bertz CT molecular complexity index is 364. The van der Waals surface area contributed by atoms with E-state index in [2.05, 4.69) is 15.9 Å². The Kier molecular flexibility index (Phi) is 4.83. The predicted molar refractivity (Wildman–Crippen MR) is 69.9 cm³/mol. The Morgan fingerprint density at radius 1 is 1.25 bits per heavy atom. The van der Waals surface area contributed by atoms with Crippen molar-refractivity contribution in [3.05, 3.63) is 28.2 Å². The van der Waals surface area contributed by atoms with Gasteiger partial charge in [-0.25, -0.2) is 0 Å². The highest BCUT2D eigenvalue weighted by Crippen LogP contribution is 2.35. The number of nitrogens with two attached hydrogens (primary N) is 1. The minimum Gasteiger partial charge on any atom is -0.495 e. The molecule has 1 rings (SSSR count). The summed E-state index contributed by atoms with van der Waals surface area (Å²) >= 11 is 3.42. The van der Waals surface area contributed by atoms with Crippen molar-refractivity contribution in [2.45, 2.75) is 13.0 Å². The molecule has 0 saturated heterocycles. The number of ether oxygens (including phenoxy) is 2. The zero-order valence-electron chi connectivity index (χ0n) is 9.66. The fourth-order valence-electron chi connectivity index (χ4n) is 1.25. The van der Waals surface area contributed by atoms with Crippen LogP contribution in [0.25, 0.3) is 6.08 Å². The molecule has 0 fully saturated rings. The third-order valence-electron chi connectivity index (χ3n) is 2.06. The van der Waals surface area contributed by atoms with Crippen molar-refractivity contribution in [3.63, 3.8) is 0 Å². The van der Waals surface area contributed by atoms with E-state index in [0.29, 0.717) is 0 Å². The lowest BCUT2D eigenvalue weighted by atomic mass is 10.1. The van der Waals surface area contributed by atoms with Crippen LogP contribution in [-0.4, -0.2) is 20.3 Å². The molecule has 1 unspecified atom stereocenters. The number of rotatable bonds is 4. The molecule has 0 aliphatic carbocycles. The van der Waals surface area contributed by atoms with Crippen LogP contribution in [0.15, 0.2) is 22.7 Å². The zero-order valence-corrected chi connectivity index (χ0v) is 11.2. The van der Waals surface area contributed by atoms with E-state index in [0.717, 1.165) is 21.5 Å². The highest BCUT2D eigenvalue weighted by molar-refractivity contribution is 9.10. The standard InChI is InChI=1S/C12H16BrNO2/c1-8(14)4-5-9-6-10(15-2)12(13)11(7-9)16-3/h4-8H,14H2,1-3H3/b5-4+. The highest BCUT2D eigenvalue weighted by Gasteiger charge is 2.08. The van der Waals surface area contributed by atoms with Crippen LogP contribution in [0.2, 0.25) is 0 Å². The second kappa shape index (κ2) is 5.92. The summed E-state index contributed by atoms with van der Waals surface area (Å²) in [6.45, 7) is 1.92. The number of methoxy groups -OCH3 is 2. The van der Waals surface area contributed by atoms with Crippen LogP contribution in [0.3, 0.4) is 0 Å². The van der Waals surface area contributed by atoms with E-state index in [9.17, 15) is 0 Å². The van der Waals surface area contributed by atoms with Gasteiger partial charge in [0.25, 0.3) is 0 Å². The maximum atomic E-state index is 5.65. The van der Waals surface area contributed by atoms with Crippen molar-refractivity contribution in [1.82, 2.24) is 0 Å². The van der Waals surface area contributed by atoms with Crippen molar-refractivity contribution in [3.8, 4) is 11.5 Å². The first-order valence-electron chi connectivity index (χ1n) is 4.93. The van der Waals surface area contributed by atoms with Gasteiger partial charge in [-0.3, -0.25) is 0 Å². The summed E-state index contributed by atoms with van der Waals surface area (Å²) in [7, 11) is 3.25. The second-order valence-electron chi connectivity index (χ2n) is 3.46. The van der Waals surface area contributed by atoms with Crippen molar-refractivity contribution in [1.29, 1.82) is 0 Å². The van der Waals surface area contributed by atoms with Gasteiger partial charge in [0.1, 0.15) is 16.0 Å². The Balaban J connectivity index is 3.12. The lowest BCUT2D eigenvalue weighted by Crippen LogP contribution is -2.09. The van der Waals surface area contributed by atoms with E-state index in [4.69, 9.17) is 15.2 Å². The van der Waals surface area contributed by atoms with Gasteiger partial charge < -0.3 is 15.2 Å². The van der Waals surface area contributed by atoms with Crippen LogP contribution in [-0.2, 0) is 0 Å². The molecule has 16 heavy (non-hydrogen) atoms. The summed E-state index contributed by atoms with van der Waals surface area (Å²) in [4.78, 5) is 0. The molecule has 0 spiro atoms. The Labute approximate surface area is 104 Å². The molecule has 0 saturated carbocycles. The first-order chi connectivity index (χ1) is 7.58. The average Bonchev–Trinajstić information content (AvgIpc) is 2.27. The summed E-state index contributed by atoms with van der Waals surface area (Å²) in [5.41, 5.74) is 6.65. The predicted octanol–water partition coefficient (Wildman–Crippen LogP) is 2.83. The Morgan fingerprint density at radius 2 is 1.75 bits per heavy atom. The average molecular weight is 286 g/mol. The van der Waals surface area contributed by atoms with Gasteiger partial charge in [-0.1, -0.05) is 12.2 Å². The van der Waals surface area contributed by atoms with Crippen molar-refractivity contribution < 1.29 is 9.47 Å². The maximum Gasteiger partial charge on any atom is 0.137 e. The van der Waals surface area contributed by atoms with Crippen molar-refractivity contribution in [2.75, 3.05) is 14.2 Å². The van der Waals surface area contributed by atoms with E-state index >= 15 is 0 Å². The van der Waals surface area contributed by atoms with E-state index in [1.54, 1.807) is 14.2 Å². The third kappa shape index (κ3) is 3.25. The molecule has 4 heteroatoms. The van der Waals surface area contributed by atoms with Crippen molar-refractivity contribution >= 4 is 22.0 Å². The lowest BCUT2D eigenvalue weighted by molar-refractivity contribution is 0.389. The van der Waals surface area contributed by atoms with Gasteiger partial charge in [0.2, 0.25) is 0 Å². The second-order valence-corrected chi connectivity index (χ2v) is 4.25. The topological polar surface area (TPSA) is 44.5 Å². The molecule has 1 aromatic rings. The van der Waals surface area contributed by atoms with Crippen LogP contribution in [0, 0.1) is 0 Å². The summed E-state index contributed by atoms with van der Waals surface area (Å²) < 4.78 is 11.3. The molecule has 0 amide bonds. The SMILES string of the molecule is COc1cc(/C=C/C(C)N)cc(OC)c1Br. The molecular weight excluding hydrogens is 270 g/mol. The van der Waals surface area contributed by atoms with Gasteiger partial charge >= 0.3 is 0 Å². The molecule has 0 bridgehead atoms. The van der Waals surface area contributed by atoms with Crippen LogP contribution in [0.5, 0.6) is 11.5 Å². The molecule has 2 N–H and O–H groups in total. The summed E-state index contributed by atoms with van der Waals surface area (Å²) in [5.74, 6) is 1.48. The largest absolute Gasteiger partial charge is 0.495 e. The molecule has 3 nitrogen and oxygen atoms in total. The van der Waals surface area contributed by atoms with Crippen molar-refractivity contribution in [2.24, 2.45) is 5.73 Å². The van der Waals surface area contributed by atoms with Crippen LogP contribution < -0.4 is 15.2 Å². The van der Waals surface area contributed by atoms with Gasteiger partial charge in [-0.05, 0) is 40.5 Å². The molecule has 1 aromatic carbocycles. The molecule has 0 heterocycles. The van der Waals surface area contributed by atoms with Gasteiger partial charge in [-0.2, -0.15) is 0 Å². The molecule has 1 atom stereocenters. The summed E-state index contributed by atoms with van der Waals surface area (Å²) in [6, 6.07) is 3.87. The normalized spacial score (nSPS) is 12.8. The Morgan fingerprint density at radius 3 is 2.12 bits per heavy atom. The lowest BCUT2D eigenvalue weighted by Gasteiger charge is -2.09. The first kappa shape index (κ1) is 13.1. The Hall–Kier alpha value is -1.00. The number of halogens is 1. The molecule has 0 aliphatic rings. The quantitative estimate of drug-likeness (QED) is 0.925.